The van der Waals surface area contributed by atoms with E-state index < -0.39 is 0 Å². The lowest BCUT2D eigenvalue weighted by atomic mass is 10.1. The van der Waals surface area contributed by atoms with Crippen molar-refractivity contribution in [3.05, 3.63) is 72.6 Å². The van der Waals surface area contributed by atoms with Crippen molar-refractivity contribution >= 4 is 11.6 Å². The molecule has 3 rings (SSSR count). The highest BCUT2D eigenvalue weighted by Gasteiger charge is 2.05. The van der Waals surface area contributed by atoms with E-state index in [-0.39, 0.29) is 5.91 Å². The Kier molecular flexibility index (Phi) is 4.38. The summed E-state index contributed by atoms with van der Waals surface area (Å²) in [7, 11) is 1.62. The highest BCUT2D eigenvalue weighted by atomic mass is 16.5. The van der Waals surface area contributed by atoms with E-state index in [1.54, 1.807) is 18.0 Å². The molecule has 1 N–H and O–H groups in total. The van der Waals surface area contributed by atoms with Crippen LogP contribution < -0.4 is 10.1 Å². The molecule has 1 aromatic heterocycles. The zero-order valence-electron chi connectivity index (χ0n) is 12.8. The number of rotatable bonds is 5. The monoisotopic (exact) mass is 307 g/mol. The average Bonchev–Trinajstić information content (AvgIpc) is 3.11. The van der Waals surface area contributed by atoms with Gasteiger partial charge in [-0.05, 0) is 48.0 Å². The molecule has 0 fully saturated rings. The molecule has 116 valence electrons. The Hall–Kier alpha value is -3.08. The van der Waals surface area contributed by atoms with Gasteiger partial charge in [0.15, 0.2) is 0 Å². The molecule has 2 aromatic carbocycles. The molecule has 23 heavy (non-hydrogen) atoms. The first kappa shape index (κ1) is 14.8. The van der Waals surface area contributed by atoms with Crippen molar-refractivity contribution in [1.82, 2.24) is 9.78 Å². The summed E-state index contributed by atoms with van der Waals surface area (Å²) in [5.41, 5.74) is 2.65. The fraction of sp³-hybridized carbons (Fsp3) is 0.111. The summed E-state index contributed by atoms with van der Waals surface area (Å²) < 4.78 is 6.87. The summed E-state index contributed by atoms with van der Waals surface area (Å²) in [5.74, 6) is 0.727. The maximum absolute atomic E-state index is 12.1. The fourth-order valence-corrected chi connectivity index (χ4v) is 2.25. The van der Waals surface area contributed by atoms with Gasteiger partial charge in [0, 0.05) is 18.1 Å². The summed E-state index contributed by atoms with van der Waals surface area (Å²) in [4.78, 5) is 12.1. The summed E-state index contributed by atoms with van der Waals surface area (Å²) in [6.45, 7) is 0. The van der Waals surface area contributed by atoms with Gasteiger partial charge in [-0.2, -0.15) is 5.10 Å². The van der Waals surface area contributed by atoms with Crippen molar-refractivity contribution in [2.24, 2.45) is 0 Å². The molecule has 5 nitrogen and oxygen atoms in total. The van der Waals surface area contributed by atoms with E-state index in [1.165, 1.54) is 0 Å². The zero-order chi connectivity index (χ0) is 16.1. The van der Waals surface area contributed by atoms with Crippen molar-refractivity contribution in [3.8, 4) is 11.4 Å². The molecule has 1 heterocycles. The van der Waals surface area contributed by atoms with Gasteiger partial charge in [-0.15, -0.1) is 0 Å². The van der Waals surface area contributed by atoms with Crippen molar-refractivity contribution in [2.75, 3.05) is 12.4 Å². The van der Waals surface area contributed by atoms with Crippen LogP contribution in [0.5, 0.6) is 5.75 Å². The Morgan fingerprint density at radius 2 is 1.87 bits per heavy atom. The number of amides is 1. The molecule has 0 aliphatic carbocycles. The van der Waals surface area contributed by atoms with E-state index >= 15 is 0 Å². The van der Waals surface area contributed by atoms with Gasteiger partial charge in [0.1, 0.15) is 5.75 Å². The summed E-state index contributed by atoms with van der Waals surface area (Å²) in [5, 5.41) is 7.06. The van der Waals surface area contributed by atoms with Crippen LogP contribution in [-0.4, -0.2) is 22.8 Å². The molecule has 0 bridgehead atoms. The molecule has 0 unspecified atom stereocenters. The maximum atomic E-state index is 12.1. The predicted octanol–water partition coefficient (Wildman–Crippen LogP) is 3.06. The minimum absolute atomic E-state index is 0.0537. The molecule has 0 atom stereocenters. The van der Waals surface area contributed by atoms with Gasteiger partial charge in [0.25, 0.3) is 0 Å². The Morgan fingerprint density at radius 1 is 1.13 bits per heavy atom. The topological polar surface area (TPSA) is 56.1 Å². The SMILES string of the molecule is COc1ccc(CC(=O)Nc2ccc(-n3cccn3)cc2)cc1. The minimum atomic E-state index is -0.0537. The molecule has 0 aliphatic heterocycles. The second kappa shape index (κ2) is 6.79. The predicted molar refractivity (Wildman–Crippen MR) is 88.9 cm³/mol. The number of aromatic nitrogens is 2. The number of hydrogen-bond donors (Lipinski definition) is 1. The highest BCUT2D eigenvalue weighted by molar-refractivity contribution is 5.92. The molecular formula is C18H17N3O2. The Morgan fingerprint density at radius 3 is 2.48 bits per heavy atom. The van der Waals surface area contributed by atoms with Crippen LogP contribution in [0.2, 0.25) is 0 Å². The standard InChI is InChI=1S/C18H17N3O2/c1-23-17-9-3-14(4-10-17)13-18(22)20-15-5-7-16(8-6-15)21-12-2-11-19-21/h2-12H,13H2,1H3,(H,20,22). The number of hydrogen-bond acceptors (Lipinski definition) is 3. The molecule has 0 spiro atoms. The van der Waals surface area contributed by atoms with Gasteiger partial charge in [0.2, 0.25) is 5.91 Å². The third kappa shape index (κ3) is 3.77. The molecular weight excluding hydrogens is 290 g/mol. The average molecular weight is 307 g/mol. The fourth-order valence-electron chi connectivity index (χ4n) is 2.25. The minimum Gasteiger partial charge on any atom is -0.497 e. The zero-order valence-corrected chi connectivity index (χ0v) is 12.8. The lowest BCUT2D eigenvalue weighted by Crippen LogP contribution is -2.14. The molecule has 0 saturated heterocycles. The third-order valence-electron chi connectivity index (χ3n) is 3.44. The molecule has 0 radical (unpaired) electrons. The largest absolute Gasteiger partial charge is 0.497 e. The molecule has 5 heteroatoms. The van der Waals surface area contributed by atoms with Crippen LogP contribution in [0.4, 0.5) is 5.69 Å². The van der Waals surface area contributed by atoms with E-state index in [1.807, 2.05) is 60.8 Å². The smallest absolute Gasteiger partial charge is 0.228 e. The number of nitrogens with one attached hydrogen (secondary N) is 1. The van der Waals surface area contributed by atoms with Gasteiger partial charge in [-0.25, -0.2) is 4.68 Å². The second-order valence-corrected chi connectivity index (χ2v) is 5.07. The molecule has 1 amide bonds. The molecule has 0 saturated carbocycles. The van der Waals surface area contributed by atoms with E-state index in [0.717, 1.165) is 22.7 Å². The summed E-state index contributed by atoms with van der Waals surface area (Å²) >= 11 is 0. The number of ether oxygens (including phenoxy) is 1. The van der Waals surface area contributed by atoms with Crippen molar-refractivity contribution in [3.63, 3.8) is 0 Å². The Labute approximate surface area is 134 Å². The second-order valence-electron chi connectivity index (χ2n) is 5.07. The van der Waals surface area contributed by atoms with Gasteiger partial charge in [-0.3, -0.25) is 4.79 Å². The Balaban J connectivity index is 1.61. The number of carbonyl (C=O) groups is 1. The van der Waals surface area contributed by atoms with Crippen molar-refractivity contribution < 1.29 is 9.53 Å². The maximum Gasteiger partial charge on any atom is 0.228 e. The summed E-state index contributed by atoms with van der Waals surface area (Å²) in [6, 6.07) is 16.9. The van der Waals surface area contributed by atoms with Crippen LogP contribution in [0.25, 0.3) is 5.69 Å². The van der Waals surface area contributed by atoms with Gasteiger partial charge >= 0.3 is 0 Å². The van der Waals surface area contributed by atoms with Gasteiger partial charge in [0.05, 0.1) is 19.2 Å². The molecule has 0 aliphatic rings. The summed E-state index contributed by atoms with van der Waals surface area (Å²) in [6.07, 6.45) is 3.92. The number of anilines is 1. The third-order valence-corrected chi connectivity index (χ3v) is 3.44. The molecule has 3 aromatic rings. The first-order valence-electron chi connectivity index (χ1n) is 7.27. The normalized spacial score (nSPS) is 10.3. The number of benzene rings is 2. The quantitative estimate of drug-likeness (QED) is 0.788. The Bertz CT molecular complexity index is 763. The van der Waals surface area contributed by atoms with E-state index in [9.17, 15) is 4.79 Å². The van der Waals surface area contributed by atoms with E-state index in [4.69, 9.17) is 4.74 Å². The lowest BCUT2D eigenvalue weighted by Gasteiger charge is -2.07. The van der Waals surface area contributed by atoms with Crippen LogP contribution in [0, 0.1) is 0 Å². The van der Waals surface area contributed by atoms with E-state index in [2.05, 4.69) is 10.4 Å². The van der Waals surface area contributed by atoms with Crippen molar-refractivity contribution in [2.45, 2.75) is 6.42 Å². The first-order chi connectivity index (χ1) is 11.2. The number of methoxy groups -OCH3 is 1. The first-order valence-corrected chi connectivity index (χ1v) is 7.27. The van der Waals surface area contributed by atoms with Crippen LogP contribution in [0.1, 0.15) is 5.56 Å². The highest BCUT2D eigenvalue weighted by Crippen LogP contribution is 2.14. The number of nitrogens with zero attached hydrogens (tertiary/aromatic N) is 2. The number of carbonyl (C=O) groups excluding carboxylic acids is 1. The van der Waals surface area contributed by atoms with Gasteiger partial charge in [-0.1, -0.05) is 12.1 Å². The van der Waals surface area contributed by atoms with Crippen LogP contribution >= 0.6 is 0 Å². The van der Waals surface area contributed by atoms with Crippen molar-refractivity contribution in [1.29, 1.82) is 0 Å². The van der Waals surface area contributed by atoms with Crippen LogP contribution in [-0.2, 0) is 11.2 Å². The van der Waals surface area contributed by atoms with Crippen LogP contribution in [0.15, 0.2) is 67.0 Å². The van der Waals surface area contributed by atoms with E-state index in [0.29, 0.717) is 6.42 Å². The van der Waals surface area contributed by atoms with Gasteiger partial charge < -0.3 is 10.1 Å². The lowest BCUT2D eigenvalue weighted by molar-refractivity contribution is -0.115. The van der Waals surface area contributed by atoms with Crippen LogP contribution in [0.3, 0.4) is 0 Å².